The van der Waals surface area contributed by atoms with Crippen molar-refractivity contribution >= 4 is 17.3 Å². The van der Waals surface area contributed by atoms with Crippen LogP contribution in [0.4, 0.5) is 11.4 Å². The van der Waals surface area contributed by atoms with E-state index in [0.717, 1.165) is 30.0 Å². The predicted octanol–water partition coefficient (Wildman–Crippen LogP) is 3.87. The van der Waals surface area contributed by atoms with Crippen LogP contribution in [-0.4, -0.2) is 32.7 Å². The smallest absolute Gasteiger partial charge is 0.262 e. The summed E-state index contributed by atoms with van der Waals surface area (Å²) in [4.78, 5) is 14.3. The molecule has 0 bridgehead atoms. The first kappa shape index (κ1) is 18.6. The second-order valence-corrected chi connectivity index (χ2v) is 5.71. The molecule has 0 aliphatic heterocycles. The maximum atomic E-state index is 12.1. The Kier molecular flexibility index (Phi) is 6.69. The topological polar surface area (TPSA) is 50.8 Å². The first-order chi connectivity index (χ1) is 12.1. The molecule has 1 amide bonds. The highest BCUT2D eigenvalue weighted by molar-refractivity contribution is 5.92. The molecule has 0 saturated carbocycles. The molecule has 25 heavy (non-hydrogen) atoms. The van der Waals surface area contributed by atoms with Crippen molar-refractivity contribution in [2.24, 2.45) is 0 Å². The van der Waals surface area contributed by atoms with Crippen molar-refractivity contribution < 1.29 is 14.3 Å². The monoisotopic (exact) mass is 342 g/mol. The number of nitrogens with one attached hydrogen (secondary N) is 1. The zero-order valence-corrected chi connectivity index (χ0v) is 15.3. The summed E-state index contributed by atoms with van der Waals surface area (Å²) in [6, 6.07) is 13.4. The van der Waals surface area contributed by atoms with Gasteiger partial charge in [0.05, 0.1) is 7.11 Å². The van der Waals surface area contributed by atoms with Crippen LogP contribution in [0.5, 0.6) is 11.5 Å². The summed E-state index contributed by atoms with van der Waals surface area (Å²) in [6.07, 6.45) is 0. The highest BCUT2D eigenvalue weighted by Gasteiger charge is 2.09. The van der Waals surface area contributed by atoms with Crippen LogP contribution in [0.15, 0.2) is 42.5 Å². The first-order valence-electron chi connectivity index (χ1n) is 8.49. The second-order valence-electron chi connectivity index (χ2n) is 5.71. The van der Waals surface area contributed by atoms with Crippen LogP contribution in [-0.2, 0) is 4.79 Å². The van der Waals surface area contributed by atoms with E-state index in [4.69, 9.17) is 9.47 Å². The molecule has 0 spiro atoms. The molecule has 0 fully saturated rings. The minimum absolute atomic E-state index is 0.0722. The van der Waals surface area contributed by atoms with E-state index in [-0.39, 0.29) is 12.5 Å². The molecular formula is C20H26N2O3. The molecule has 134 valence electrons. The number of hydrogen-bond donors (Lipinski definition) is 1. The van der Waals surface area contributed by atoms with E-state index in [1.54, 1.807) is 13.2 Å². The Labute approximate surface area is 149 Å². The fourth-order valence-electron chi connectivity index (χ4n) is 2.58. The Bertz CT molecular complexity index is 695. The van der Waals surface area contributed by atoms with Crippen molar-refractivity contribution in [1.82, 2.24) is 0 Å². The van der Waals surface area contributed by atoms with Crippen LogP contribution in [0.1, 0.15) is 19.4 Å². The zero-order chi connectivity index (χ0) is 18.2. The lowest BCUT2D eigenvalue weighted by atomic mass is 10.2. The lowest BCUT2D eigenvalue weighted by Gasteiger charge is -2.21. The minimum atomic E-state index is -0.210. The lowest BCUT2D eigenvalue weighted by Crippen LogP contribution is -2.22. The van der Waals surface area contributed by atoms with Crippen LogP contribution in [0, 0.1) is 6.92 Å². The van der Waals surface area contributed by atoms with Gasteiger partial charge in [-0.25, -0.2) is 0 Å². The van der Waals surface area contributed by atoms with Crippen LogP contribution >= 0.6 is 0 Å². The molecule has 0 aromatic heterocycles. The molecule has 0 aliphatic carbocycles. The molecule has 0 radical (unpaired) electrons. The number of methoxy groups -OCH3 is 1. The molecule has 0 aliphatic rings. The van der Waals surface area contributed by atoms with Gasteiger partial charge in [-0.1, -0.05) is 6.07 Å². The summed E-state index contributed by atoms with van der Waals surface area (Å²) in [6.45, 7) is 8.05. The molecule has 2 rings (SSSR count). The molecule has 1 N–H and O–H groups in total. The SMILES string of the molecule is CCN(CC)c1ccc(NC(=O)COc2ccc(C)cc2OC)cc1. The Morgan fingerprint density at radius 3 is 2.32 bits per heavy atom. The van der Waals surface area contributed by atoms with Crippen LogP contribution in [0.25, 0.3) is 0 Å². The number of hydrogen-bond acceptors (Lipinski definition) is 4. The molecule has 5 heteroatoms. The third-order valence-electron chi connectivity index (χ3n) is 3.96. The van der Waals surface area contributed by atoms with Gasteiger partial charge in [0.2, 0.25) is 0 Å². The average molecular weight is 342 g/mol. The first-order valence-corrected chi connectivity index (χ1v) is 8.49. The van der Waals surface area contributed by atoms with E-state index in [2.05, 4.69) is 24.1 Å². The molecule has 0 saturated heterocycles. The summed E-state index contributed by atoms with van der Waals surface area (Å²) in [7, 11) is 1.58. The Hall–Kier alpha value is -2.69. The van der Waals surface area contributed by atoms with Gasteiger partial charge in [0, 0.05) is 24.5 Å². The van der Waals surface area contributed by atoms with Crippen molar-refractivity contribution in [2.75, 3.05) is 37.0 Å². The molecule has 2 aromatic carbocycles. The number of benzene rings is 2. The summed E-state index contributed by atoms with van der Waals surface area (Å²) in [5.41, 5.74) is 2.96. The predicted molar refractivity (Wildman–Crippen MR) is 102 cm³/mol. The number of rotatable bonds is 8. The number of aryl methyl sites for hydroxylation is 1. The molecule has 2 aromatic rings. The maximum Gasteiger partial charge on any atom is 0.262 e. The van der Waals surface area contributed by atoms with Crippen molar-refractivity contribution in [3.8, 4) is 11.5 Å². The molecule has 0 atom stereocenters. The van der Waals surface area contributed by atoms with Gasteiger partial charge in [0.15, 0.2) is 18.1 Å². The van der Waals surface area contributed by atoms with Gasteiger partial charge in [0.25, 0.3) is 5.91 Å². The van der Waals surface area contributed by atoms with Crippen molar-refractivity contribution in [3.63, 3.8) is 0 Å². The van der Waals surface area contributed by atoms with Gasteiger partial charge in [-0.2, -0.15) is 0 Å². The van der Waals surface area contributed by atoms with Gasteiger partial charge in [-0.15, -0.1) is 0 Å². The third-order valence-corrected chi connectivity index (χ3v) is 3.96. The van der Waals surface area contributed by atoms with Crippen molar-refractivity contribution in [1.29, 1.82) is 0 Å². The summed E-state index contributed by atoms with van der Waals surface area (Å²) in [5.74, 6) is 0.967. The standard InChI is InChI=1S/C20H26N2O3/c1-5-22(6-2)17-10-8-16(9-11-17)21-20(23)14-25-18-12-7-15(3)13-19(18)24-4/h7-13H,5-6,14H2,1-4H3,(H,21,23). The second kappa shape index (κ2) is 8.97. The maximum absolute atomic E-state index is 12.1. The van der Waals surface area contributed by atoms with E-state index >= 15 is 0 Å². The molecular weight excluding hydrogens is 316 g/mol. The van der Waals surface area contributed by atoms with Crippen LogP contribution in [0.3, 0.4) is 0 Å². The lowest BCUT2D eigenvalue weighted by molar-refractivity contribution is -0.118. The Morgan fingerprint density at radius 2 is 1.72 bits per heavy atom. The molecule has 0 unspecified atom stereocenters. The number of carbonyl (C=O) groups is 1. The van der Waals surface area contributed by atoms with Gasteiger partial charge < -0.3 is 19.7 Å². The summed E-state index contributed by atoms with van der Waals surface area (Å²) in [5, 5.41) is 2.84. The van der Waals surface area contributed by atoms with Crippen LogP contribution < -0.4 is 19.7 Å². The van der Waals surface area contributed by atoms with E-state index in [1.165, 1.54) is 0 Å². The van der Waals surface area contributed by atoms with E-state index in [0.29, 0.717) is 11.5 Å². The van der Waals surface area contributed by atoms with Gasteiger partial charge >= 0.3 is 0 Å². The Morgan fingerprint density at radius 1 is 1.04 bits per heavy atom. The van der Waals surface area contributed by atoms with E-state index in [1.807, 2.05) is 43.3 Å². The third kappa shape index (κ3) is 5.14. The zero-order valence-electron chi connectivity index (χ0n) is 15.3. The quantitative estimate of drug-likeness (QED) is 0.791. The van der Waals surface area contributed by atoms with E-state index < -0.39 is 0 Å². The number of ether oxygens (including phenoxy) is 2. The largest absolute Gasteiger partial charge is 0.493 e. The van der Waals surface area contributed by atoms with Gasteiger partial charge in [-0.05, 0) is 62.7 Å². The molecule has 0 heterocycles. The van der Waals surface area contributed by atoms with Crippen LogP contribution in [0.2, 0.25) is 0 Å². The van der Waals surface area contributed by atoms with Crippen molar-refractivity contribution in [3.05, 3.63) is 48.0 Å². The summed E-state index contributed by atoms with van der Waals surface area (Å²) >= 11 is 0. The number of amides is 1. The fraction of sp³-hybridized carbons (Fsp3) is 0.350. The van der Waals surface area contributed by atoms with Gasteiger partial charge in [0.1, 0.15) is 0 Å². The van der Waals surface area contributed by atoms with Gasteiger partial charge in [-0.3, -0.25) is 4.79 Å². The Balaban J connectivity index is 1.92. The highest BCUT2D eigenvalue weighted by Crippen LogP contribution is 2.27. The van der Waals surface area contributed by atoms with E-state index in [9.17, 15) is 4.79 Å². The minimum Gasteiger partial charge on any atom is -0.493 e. The van der Waals surface area contributed by atoms with Crippen molar-refractivity contribution in [2.45, 2.75) is 20.8 Å². The molecule has 5 nitrogen and oxygen atoms in total. The normalized spacial score (nSPS) is 10.2. The fourth-order valence-corrected chi connectivity index (χ4v) is 2.58. The number of nitrogens with zero attached hydrogens (tertiary/aromatic N) is 1. The highest BCUT2D eigenvalue weighted by atomic mass is 16.5. The summed E-state index contributed by atoms with van der Waals surface area (Å²) < 4.78 is 10.8. The number of carbonyl (C=O) groups excluding carboxylic acids is 1. The number of anilines is 2. The average Bonchev–Trinajstić information content (AvgIpc) is 2.63.